The van der Waals surface area contributed by atoms with Gasteiger partial charge in [-0.05, 0) is 26.7 Å². The lowest BCUT2D eigenvalue weighted by molar-refractivity contribution is -0.126. The minimum atomic E-state index is -0.413. The van der Waals surface area contributed by atoms with Crippen molar-refractivity contribution < 1.29 is 14.3 Å². The molecule has 84 valence electrons. The molecule has 0 aliphatic rings. The Hall–Kier alpha value is -0.450. The van der Waals surface area contributed by atoms with E-state index in [2.05, 4.69) is 0 Å². The maximum atomic E-state index is 11.4. The molecule has 0 saturated carbocycles. The van der Waals surface area contributed by atoms with Crippen LogP contribution in [0.25, 0.3) is 0 Å². The van der Waals surface area contributed by atoms with Crippen LogP contribution in [-0.2, 0) is 14.3 Å². The normalized spacial score (nSPS) is 13.2. The van der Waals surface area contributed by atoms with Gasteiger partial charge >= 0.3 is 0 Å². The van der Waals surface area contributed by atoms with Crippen molar-refractivity contribution in [3.05, 3.63) is 0 Å². The highest BCUT2D eigenvalue weighted by molar-refractivity contribution is 5.84. The summed E-state index contributed by atoms with van der Waals surface area (Å²) in [5.74, 6) is -0.0326. The second-order valence-electron chi connectivity index (χ2n) is 3.57. The highest BCUT2D eigenvalue weighted by Crippen LogP contribution is 1.98. The highest BCUT2D eigenvalue weighted by Gasteiger charge is 2.13. The molecule has 14 heavy (non-hydrogen) atoms. The lowest BCUT2D eigenvalue weighted by Crippen LogP contribution is -2.34. The zero-order chi connectivity index (χ0) is 11.0. The van der Waals surface area contributed by atoms with Crippen LogP contribution in [0.3, 0.4) is 0 Å². The topological polar surface area (TPSA) is 61.5 Å². The number of hydrogen-bond donors (Lipinski definition) is 1. The first kappa shape index (κ1) is 13.5. The largest absolute Gasteiger partial charge is 0.385 e. The van der Waals surface area contributed by atoms with Crippen molar-refractivity contribution in [2.24, 2.45) is 5.73 Å². The molecule has 0 aliphatic heterocycles. The van der Waals surface area contributed by atoms with E-state index in [1.165, 1.54) is 0 Å². The Bertz CT molecular complexity index is 159. The monoisotopic (exact) mass is 203 g/mol. The van der Waals surface area contributed by atoms with Crippen molar-refractivity contribution in [1.29, 1.82) is 0 Å². The average molecular weight is 203 g/mol. The van der Waals surface area contributed by atoms with Gasteiger partial charge in [-0.1, -0.05) is 0 Å². The number of rotatable bonds is 8. The smallest absolute Gasteiger partial charge is 0.175 e. The first-order valence-electron chi connectivity index (χ1n) is 4.96. The summed E-state index contributed by atoms with van der Waals surface area (Å²) in [5, 5.41) is 0. The van der Waals surface area contributed by atoms with E-state index in [0.717, 1.165) is 6.42 Å². The molecule has 0 bridgehead atoms. The van der Waals surface area contributed by atoms with Crippen molar-refractivity contribution in [1.82, 2.24) is 0 Å². The van der Waals surface area contributed by atoms with E-state index in [0.29, 0.717) is 13.0 Å². The van der Waals surface area contributed by atoms with Gasteiger partial charge in [0.2, 0.25) is 0 Å². The van der Waals surface area contributed by atoms with Crippen molar-refractivity contribution in [3.8, 4) is 0 Å². The first-order valence-corrected chi connectivity index (χ1v) is 4.96. The van der Waals surface area contributed by atoms with Crippen LogP contribution in [0.2, 0.25) is 0 Å². The van der Waals surface area contributed by atoms with Crippen LogP contribution in [0.4, 0.5) is 0 Å². The fourth-order valence-electron chi connectivity index (χ4n) is 0.964. The van der Waals surface area contributed by atoms with E-state index in [9.17, 15) is 4.79 Å². The molecule has 4 heteroatoms. The zero-order valence-electron chi connectivity index (χ0n) is 9.29. The Labute approximate surface area is 85.8 Å². The quantitative estimate of drug-likeness (QED) is 0.591. The molecule has 0 aromatic rings. The van der Waals surface area contributed by atoms with Gasteiger partial charge in [-0.3, -0.25) is 4.79 Å². The molecular formula is C10H21NO3. The molecule has 2 N–H and O–H groups in total. The van der Waals surface area contributed by atoms with Crippen LogP contribution >= 0.6 is 0 Å². The summed E-state index contributed by atoms with van der Waals surface area (Å²) in [4.78, 5) is 11.4. The molecule has 0 fully saturated rings. The number of methoxy groups -OCH3 is 1. The molecule has 0 amide bonds. The van der Waals surface area contributed by atoms with Gasteiger partial charge in [0.1, 0.15) is 6.61 Å². The van der Waals surface area contributed by atoms with Crippen LogP contribution < -0.4 is 5.73 Å². The van der Waals surface area contributed by atoms with Crippen molar-refractivity contribution in [2.45, 2.75) is 38.8 Å². The fraction of sp³-hybridized carbons (Fsp3) is 0.900. The summed E-state index contributed by atoms with van der Waals surface area (Å²) in [7, 11) is 1.63. The van der Waals surface area contributed by atoms with E-state index in [1.807, 2.05) is 13.8 Å². The Balaban J connectivity index is 3.54. The SMILES string of the molecule is COCCCC(N)C(=O)COC(C)C. The van der Waals surface area contributed by atoms with Crippen LogP contribution in [0.15, 0.2) is 0 Å². The van der Waals surface area contributed by atoms with Crippen LogP contribution in [0.1, 0.15) is 26.7 Å². The lowest BCUT2D eigenvalue weighted by atomic mass is 10.1. The predicted molar refractivity (Wildman–Crippen MR) is 55.2 cm³/mol. The molecule has 0 aromatic heterocycles. The van der Waals surface area contributed by atoms with Crippen LogP contribution in [-0.4, -0.2) is 38.3 Å². The van der Waals surface area contributed by atoms with Gasteiger partial charge in [-0.15, -0.1) is 0 Å². The molecule has 0 radical (unpaired) electrons. The summed E-state index contributed by atoms with van der Waals surface area (Å²) in [6, 6.07) is -0.413. The number of ether oxygens (including phenoxy) is 2. The summed E-state index contributed by atoms with van der Waals surface area (Å²) < 4.78 is 10.0. The Morgan fingerprint density at radius 2 is 2.07 bits per heavy atom. The Kier molecular flexibility index (Phi) is 7.65. The van der Waals surface area contributed by atoms with Crippen LogP contribution in [0.5, 0.6) is 0 Å². The number of ketones is 1. The Morgan fingerprint density at radius 3 is 2.57 bits per heavy atom. The van der Waals surface area contributed by atoms with E-state index in [-0.39, 0.29) is 18.5 Å². The molecule has 0 aliphatic carbocycles. The van der Waals surface area contributed by atoms with Gasteiger partial charge in [0, 0.05) is 13.7 Å². The summed E-state index contributed by atoms with van der Waals surface area (Å²) in [5.41, 5.74) is 5.66. The van der Waals surface area contributed by atoms with E-state index in [4.69, 9.17) is 15.2 Å². The number of nitrogens with two attached hydrogens (primary N) is 1. The molecular weight excluding hydrogens is 182 g/mol. The third-order valence-corrected chi connectivity index (χ3v) is 1.84. The van der Waals surface area contributed by atoms with Crippen molar-refractivity contribution in [2.75, 3.05) is 20.3 Å². The Morgan fingerprint density at radius 1 is 1.43 bits per heavy atom. The summed E-state index contributed by atoms with van der Waals surface area (Å²) >= 11 is 0. The first-order chi connectivity index (χ1) is 6.57. The van der Waals surface area contributed by atoms with Gasteiger partial charge in [-0.25, -0.2) is 0 Å². The standard InChI is InChI=1S/C10H21NO3/c1-8(2)14-7-10(12)9(11)5-4-6-13-3/h8-9H,4-7,11H2,1-3H3. The maximum absolute atomic E-state index is 11.4. The average Bonchev–Trinajstić information content (AvgIpc) is 2.14. The van der Waals surface area contributed by atoms with Crippen molar-refractivity contribution >= 4 is 5.78 Å². The predicted octanol–water partition coefficient (Wildman–Crippen LogP) is 0.734. The fourth-order valence-corrected chi connectivity index (χ4v) is 0.964. The number of Topliss-reactive ketones (excluding diaryl/α,β-unsaturated/α-hetero) is 1. The third kappa shape index (κ3) is 7.00. The molecule has 0 heterocycles. The minimum absolute atomic E-state index is 0.0326. The van der Waals surface area contributed by atoms with E-state index >= 15 is 0 Å². The molecule has 0 spiro atoms. The third-order valence-electron chi connectivity index (χ3n) is 1.84. The molecule has 1 atom stereocenters. The molecule has 0 aromatic carbocycles. The summed E-state index contributed by atoms with van der Waals surface area (Å²) in [6.45, 7) is 4.55. The van der Waals surface area contributed by atoms with Crippen molar-refractivity contribution in [3.63, 3.8) is 0 Å². The molecule has 1 unspecified atom stereocenters. The van der Waals surface area contributed by atoms with Crippen LogP contribution in [0, 0.1) is 0 Å². The summed E-state index contributed by atoms with van der Waals surface area (Å²) in [6.07, 6.45) is 1.55. The van der Waals surface area contributed by atoms with E-state index in [1.54, 1.807) is 7.11 Å². The van der Waals surface area contributed by atoms with Gasteiger partial charge in [-0.2, -0.15) is 0 Å². The second-order valence-corrected chi connectivity index (χ2v) is 3.57. The highest BCUT2D eigenvalue weighted by atomic mass is 16.5. The number of hydrogen-bond acceptors (Lipinski definition) is 4. The molecule has 4 nitrogen and oxygen atoms in total. The van der Waals surface area contributed by atoms with Gasteiger partial charge < -0.3 is 15.2 Å². The van der Waals surface area contributed by atoms with Gasteiger partial charge in [0.25, 0.3) is 0 Å². The number of carbonyl (C=O) groups excluding carboxylic acids is 1. The van der Waals surface area contributed by atoms with E-state index < -0.39 is 6.04 Å². The second kappa shape index (κ2) is 7.91. The lowest BCUT2D eigenvalue weighted by Gasteiger charge is -2.11. The van der Waals surface area contributed by atoms with Gasteiger partial charge in [0.05, 0.1) is 12.1 Å². The minimum Gasteiger partial charge on any atom is -0.385 e. The van der Waals surface area contributed by atoms with Gasteiger partial charge in [0.15, 0.2) is 5.78 Å². The maximum Gasteiger partial charge on any atom is 0.175 e. The zero-order valence-corrected chi connectivity index (χ0v) is 9.29. The molecule has 0 saturated heterocycles. The molecule has 0 rings (SSSR count). The number of carbonyl (C=O) groups is 1.